The second-order valence-corrected chi connectivity index (χ2v) is 6.23. The smallest absolute Gasteiger partial charge is 0.408 e. The molecule has 27 heavy (non-hydrogen) atoms. The van der Waals surface area contributed by atoms with Gasteiger partial charge in [-0.1, -0.05) is 0 Å². The van der Waals surface area contributed by atoms with Crippen molar-refractivity contribution >= 4 is 30.0 Å². The van der Waals surface area contributed by atoms with Crippen LogP contribution in [0.4, 0.5) is 4.79 Å². The van der Waals surface area contributed by atoms with E-state index in [1.807, 2.05) is 5.32 Å². The van der Waals surface area contributed by atoms with E-state index in [1.165, 1.54) is 0 Å². The largest absolute Gasteiger partial charge is 0.480 e. The maximum absolute atomic E-state index is 11.6. The lowest BCUT2D eigenvalue weighted by molar-refractivity contribution is -0.170. The second-order valence-electron chi connectivity index (χ2n) is 6.23. The van der Waals surface area contributed by atoms with E-state index in [2.05, 4.69) is 14.2 Å². The predicted octanol–water partition coefficient (Wildman–Crippen LogP) is -0.711. The summed E-state index contributed by atoms with van der Waals surface area (Å²) < 4.78 is 18.3. The van der Waals surface area contributed by atoms with Crippen molar-refractivity contribution in [3.63, 3.8) is 0 Å². The van der Waals surface area contributed by atoms with Crippen LogP contribution in [0.3, 0.4) is 0 Å². The van der Waals surface area contributed by atoms with Gasteiger partial charge in [0.1, 0.15) is 17.7 Å². The molecule has 0 aromatic rings. The summed E-state index contributed by atoms with van der Waals surface area (Å²) in [5, 5.41) is 11.0. The average Bonchev–Trinajstić information content (AvgIpc) is 2.51. The minimum Gasteiger partial charge on any atom is -0.480 e. The quantitative estimate of drug-likeness (QED) is 0.256. The molecule has 1 amide bonds. The number of nitrogens with one attached hydrogen (secondary N) is 1. The van der Waals surface area contributed by atoms with Gasteiger partial charge in [0.05, 0.1) is 20.0 Å². The molecule has 0 aliphatic carbocycles. The topological polar surface area (TPSA) is 181 Å². The van der Waals surface area contributed by atoms with Crippen LogP contribution in [-0.4, -0.2) is 66.7 Å². The number of rotatable bonds is 9. The Morgan fingerprint density at radius 1 is 1.04 bits per heavy atom. The van der Waals surface area contributed by atoms with Crippen LogP contribution in [0.15, 0.2) is 0 Å². The molecule has 0 aromatic carbocycles. The fourth-order valence-electron chi connectivity index (χ4n) is 1.48. The van der Waals surface area contributed by atoms with Crippen LogP contribution in [0.5, 0.6) is 0 Å². The molecule has 0 saturated heterocycles. The van der Waals surface area contributed by atoms with Gasteiger partial charge in [-0.3, -0.25) is 14.4 Å². The first kappa shape index (κ1) is 24.1. The Morgan fingerprint density at radius 2 is 1.63 bits per heavy atom. The van der Waals surface area contributed by atoms with E-state index in [9.17, 15) is 24.0 Å². The third kappa shape index (κ3) is 11.4. The molecule has 0 rings (SSSR count). The lowest BCUT2D eigenvalue weighted by Crippen LogP contribution is -2.44. The number of carboxylic acids is 1. The number of aliphatic carboxylic acids is 1. The van der Waals surface area contributed by atoms with E-state index in [1.54, 1.807) is 20.8 Å². The maximum atomic E-state index is 11.6. The highest BCUT2D eigenvalue weighted by molar-refractivity contribution is 5.85. The number of hydrogen-bond donors (Lipinski definition) is 3. The SMILES string of the molecule is COC(=O)C[C@@H](N)C(=O)OCOC(=O)C[C@@H](NC(=O)OC(C)(C)C)C(=O)O. The van der Waals surface area contributed by atoms with Crippen LogP contribution < -0.4 is 11.1 Å². The Hall–Kier alpha value is -2.89. The van der Waals surface area contributed by atoms with Gasteiger partial charge in [-0.25, -0.2) is 9.59 Å². The zero-order valence-electron chi connectivity index (χ0n) is 15.5. The molecule has 0 aromatic heterocycles. The Kier molecular flexibility index (Phi) is 9.78. The Morgan fingerprint density at radius 3 is 2.11 bits per heavy atom. The first-order valence-electron chi connectivity index (χ1n) is 7.72. The van der Waals surface area contributed by atoms with Crippen molar-refractivity contribution in [3.8, 4) is 0 Å². The summed E-state index contributed by atoms with van der Waals surface area (Å²) in [7, 11) is 1.12. The van der Waals surface area contributed by atoms with E-state index in [0.717, 1.165) is 7.11 Å². The molecule has 0 aliphatic heterocycles. The molecule has 2 atom stereocenters. The molecule has 0 spiro atoms. The number of carboxylic acid groups (broad SMARTS) is 1. The summed E-state index contributed by atoms with van der Waals surface area (Å²) in [6.07, 6.45) is -2.19. The summed E-state index contributed by atoms with van der Waals surface area (Å²) in [6.45, 7) is 3.90. The molecular weight excluding hydrogens is 368 g/mol. The third-order valence-electron chi connectivity index (χ3n) is 2.70. The Bertz CT molecular complexity index is 569. The zero-order valence-corrected chi connectivity index (χ0v) is 15.5. The number of alkyl carbamates (subject to hydrolysis) is 1. The van der Waals surface area contributed by atoms with Crippen LogP contribution >= 0.6 is 0 Å². The molecule has 0 unspecified atom stereocenters. The molecule has 4 N–H and O–H groups in total. The van der Waals surface area contributed by atoms with E-state index in [-0.39, 0.29) is 0 Å². The van der Waals surface area contributed by atoms with Gasteiger partial charge in [-0.05, 0) is 20.8 Å². The van der Waals surface area contributed by atoms with Gasteiger partial charge in [0, 0.05) is 0 Å². The molecule has 12 nitrogen and oxygen atoms in total. The van der Waals surface area contributed by atoms with Crippen molar-refractivity contribution in [3.05, 3.63) is 0 Å². The first-order valence-corrected chi connectivity index (χ1v) is 7.72. The van der Waals surface area contributed by atoms with Crippen molar-refractivity contribution in [2.45, 2.75) is 51.3 Å². The van der Waals surface area contributed by atoms with Gasteiger partial charge in [0.25, 0.3) is 0 Å². The molecule has 12 heteroatoms. The predicted molar refractivity (Wildman–Crippen MR) is 87.1 cm³/mol. The van der Waals surface area contributed by atoms with E-state index < -0.39 is 67.3 Å². The highest BCUT2D eigenvalue weighted by Gasteiger charge is 2.27. The molecule has 0 heterocycles. The molecule has 0 saturated carbocycles. The minimum atomic E-state index is -1.61. The summed E-state index contributed by atoms with van der Waals surface area (Å²) in [5.74, 6) is -4.30. The fraction of sp³-hybridized carbons (Fsp3) is 0.667. The van der Waals surface area contributed by atoms with E-state index in [4.69, 9.17) is 15.6 Å². The van der Waals surface area contributed by atoms with Gasteiger partial charge in [0.15, 0.2) is 0 Å². The van der Waals surface area contributed by atoms with Crippen molar-refractivity contribution < 1.29 is 48.0 Å². The van der Waals surface area contributed by atoms with E-state index >= 15 is 0 Å². The number of amides is 1. The summed E-state index contributed by atoms with van der Waals surface area (Å²) in [4.78, 5) is 56.8. The van der Waals surface area contributed by atoms with E-state index in [0.29, 0.717) is 0 Å². The normalized spacial score (nSPS) is 12.9. The van der Waals surface area contributed by atoms with Gasteiger partial charge >= 0.3 is 30.0 Å². The highest BCUT2D eigenvalue weighted by atomic mass is 16.7. The average molecular weight is 392 g/mol. The first-order chi connectivity index (χ1) is 12.4. The molecule has 154 valence electrons. The third-order valence-corrected chi connectivity index (χ3v) is 2.70. The second kappa shape index (κ2) is 11.0. The summed E-state index contributed by atoms with van der Waals surface area (Å²) >= 11 is 0. The van der Waals surface area contributed by atoms with Crippen molar-refractivity contribution in [2.24, 2.45) is 5.73 Å². The standard InChI is InChI=1S/C15H24N2O10/c1-15(2,3)27-14(23)17-9(12(20)21)6-11(19)25-7-26-13(22)8(16)5-10(18)24-4/h8-9H,5-7,16H2,1-4H3,(H,17,23)(H,20,21)/t8-,9-/m1/s1. The number of hydrogen-bond acceptors (Lipinski definition) is 10. The Labute approximate surface area is 155 Å². The van der Waals surface area contributed by atoms with Gasteiger partial charge in [-0.15, -0.1) is 0 Å². The van der Waals surface area contributed by atoms with Crippen LogP contribution in [0, 0.1) is 0 Å². The minimum absolute atomic E-state index is 0.426. The maximum Gasteiger partial charge on any atom is 0.408 e. The van der Waals surface area contributed by atoms with Crippen molar-refractivity contribution in [1.82, 2.24) is 5.32 Å². The number of ether oxygens (including phenoxy) is 4. The summed E-state index contributed by atoms with van der Waals surface area (Å²) in [5.41, 5.74) is 4.52. The van der Waals surface area contributed by atoms with Gasteiger partial charge in [0.2, 0.25) is 6.79 Å². The van der Waals surface area contributed by atoms with Gasteiger partial charge < -0.3 is 35.1 Å². The van der Waals surface area contributed by atoms with Crippen LogP contribution in [0.1, 0.15) is 33.6 Å². The zero-order chi connectivity index (χ0) is 21.2. The number of methoxy groups -OCH3 is 1. The van der Waals surface area contributed by atoms with Crippen LogP contribution in [0.2, 0.25) is 0 Å². The molecule has 0 fully saturated rings. The number of esters is 3. The van der Waals surface area contributed by atoms with Crippen LogP contribution in [0.25, 0.3) is 0 Å². The Balaban J connectivity index is 4.39. The molecule has 0 bridgehead atoms. The van der Waals surface area contributed by atoms with Crippen molar-refractivity contribution in [2.75, 3.05) is 13.9 Å². The fourth-order valence-corrected chi connectivity index (χ4v) is 1.48. The van der Waals surface area contributed by atoms with Gasteiger partial charge in [-0.2, -0.15) is 0 Å². The lowest BCUT2D eigenvalue weighted by atomic mass is 10.2. The molecule has 0 aliphatic rings. The highest BCUT2D eigenvalue weighted by Crippen LogP contribution is 2.07. The van der Waals surface area contributed by atoms with Crippen LogP contribution in [-0.2, 0) is 38.1 Å². The number of carbonyl (C=O) groups is 5. The summed E-state index contributed by atoms with van der Waals surface area (Å²) in [6, 6.07) is -2.92. The molecular formula is C15H24N2O10. The number of carbonyl (C=O) groups excluding carboxylic acids is 4. The number of nitrogens with two attached hydrogens (primary N) is 1. The van der Waals surface area contributed by atoms with Crippen molar-refractivity contribution in [1.29, 1.82) is 0 Å². The molecule has 0 radical (unpaired) electrons. The monoisotopic (exact) mass is 392 g/mol. The lowest BCUT2D eigenvalue weighted by Gasteiger charge is -2.21.